The summed E-state index contributed by atoms with van der Waals surface area (Å²) in [4.78, 5) is 30.8. The predicted molar refractivity (Wildman–Crippen MR) is 92.8 cm³/mol. The molecule has 2 aliphatic heterocycles. The first-order valence-corrected chi connectivity index (χ1v) is 8.59. The van der Waals surface area contributed by atoms with Crippen molar-refractivity contribution in [1.82, 2.24) is 15.2 Å². The van der Waals surface area contributed by atoms with E-state index in [9.17, 15) is 9.59 Å². The number of carbonyl (C=O) groups excluding carboxylic acids is 2. The molecule has 134 valence electrons. The molecule has 7 heteroatoms. The van der Waals surface area contributed by atoms with Crippen LogP contribution >= 0.6 is 0 Å². The van der Waals surface area contributed by atoms with Crippen LogP contribution < -0.4 is 14.8 Å². The van der Waals surface area contributed by atoms with E-state index in [-0.39, 0.29) is 31.2 Å². The molecule has 26 heavy (non-hydrogen) atoms. The van der Waals surface area contributed by atoms with Gasteiger partial charge < -0.3 is 19.7 Å². The summed E-state index contributed by atoms with van der Waals surface area (Å²) in [5.41, 5.74) is 1.52. The lowest BCUT2D eigenvalue weighted by Gasteiger charge is -2.25. The zero-order valence-corrected chi connectivity index (χ0v) is 14.2. The van der Waals surface area contributed by atoms with Crippen LogP contribution in [0.1, 0.15) is 34.8 Å². The van der Waals surface area contributed by atoms with Gasteiger partial charge in [0.1, 0.15) is 0 Å². The first-order chi connectivity index (χ1) is 12.7. The van der Waals surface area contributed by atoms with Gasteiger partial charge >= 0.3 is 0 Å². The molecule has 1 fully saturated rings. The highest BCUT2D eigenvalue weighted by Gasteiger charge is 2.30. The second kappa shape index (κ2) is 7.03. The molecule has 1 N–H and O–H groups in total. The molecular formula is C19H19N3O4. The third-order valence-electron chi connectivity index (χ3n) is 4.70. The number of rotatable bonds is 4. The first-order valence-electron chi connectivity index (χ1n) is 8.59. The Kier molecular flexibility index (Phi) is 4.43. The molecule has 7 nitrogen and oxygen atoms in total. The molecule has 0 radical (unpaired) electrons. The van der Waals surface area contributed by atoms with Crippen LogP contribution in [0, 0.1) is 0 Å². The van der Waals surface area contributed by atoms with Crippen LogP contribution in [-0.2, 0) is 4.79 Å². The molecule has 4 rings (SSSR count). The Morgan fingerprint density at radius 3 is 2.81 bits per heavy atom. The van der Waals surface area contributed by atoms with Gasteiger partial charge in [0, 0.05) is 24.5 Å². The lowest BCUT2D eigenvalue weighted by atomic mass is 10.1. The van der Waals surface area contributed by atoms with E-state index in [4.69, 9.17) is 9.47 Å². The molecule has 3 heterocycles. The molecule has 1 atom stereocenters. The Bertz CT molecular complexity index is 825. The lowest BCUT2D eigenvalue weighted by molar-refractivity contribution is -0.131. The topological polar surface area (TPSA) is 80.8 Å². The molecule has 1 aromatic carbocycles. The molecule has 0 bridgehead atoms. The van der Waals surface area contributed by atoms with Crippen LogP contribution in [0.15, 0.2) is 42.7 Å². The molecule has 1 aromatic heterocycles. The van der Waals surface area contributed by atoms with Crippen molar-refractivity contribution in [3.05, 3.63) is 53.9 Å². The third kappa shape index (κ3) is 3.20. The Labute approximate surface area is 150 Å². The van der Waals surface area contributed by atoms with Gasteiger partial charge in [-0.15, -0.1) is 0 Å². The monoisotopic (exact) mass is 353 g/mol. The number of carbonyl (C=O) groups is 2. The quantitative estimate of drug-likeness (QED) is 0.908. The van der Waals surface area contributed by atoms with Crippen LogP contribution in [0.3, 0.4) is 0 Å². The van der Waals surface area contributed by atoms with E-state index in [0.29, 0.717) is 23.6 Å². The van der Waals surface area contributed by atoms with Gasteiger partial charge in [-0.2, -0.15) is 0 Å². The van der Waals surface area contributed by atoms with Crippen LogP contribution in [0.2, 0.25) is 0 Å². The normalized spacial score (nSPS) is 18.0. The minimum Gasteiger partial charge on any atom is -0.454 e. The number of nitrogens with one attached hydrogen (secondary N) is 1. The van der Waals surface area contributed by atoms with Crippen LogP contribution in [-0.4, -0.2) is 41.6 Å². The van der Waals surface area contributed by atoms with E-state index in [0.717, 1.165) is 18.4 Å². The van der Waals surface area contributed by atoms with E-state index >= 15 is 0 Å². The minimum absolute atomic E-state index is 0.0329. The van der Waals surface area contributed by atoms with Gasteiger partial charge in [0.2, 0.25) is 12.7 Å². The number of nitrogens with zero attached hydrogens (tertiary/aromatic N) is 2. The van der Waals surface area contributed by atoms with Gasteiger partial charge in [0.25, 0.3) is 5.91 Å². The van der Waals surface area contributed by atoms with Crippen molar-refractivity contribution in [2.75, 3.05) is 19.9 Å². The summed E-state index contributed by atoms with van der Waals surface area (Å²) in [5.74, 6) is 0.769. The van der Waals surface area contributed by atoms with Crippen molar-refractivity contribution in [2.45, 2.75) is 18.9 Å². The highest BCUT2D eigenvalue weighted by atomic mass is 16.7. The summed E-state index contributed by atoms with van der Waals surface area (Å²) in [6, 6.07) is 8.88. The van der Waals surface area contributed by atoms with Gasteiger partial charge in [0.05, 0.1) is 12.6 Å². The van der Waals surface area contributed by atoms with Gasteiger partial charge in [0.15, 0.2) is 11.5 Å². The van der Waals surface area contributed by atoms with Crippen LogP contribution in [0.25, 0.3) is 0 Å². The number of hydrogen-bond donors (Lipinski definition) is 1. The maximum Gasteiger partial charge on any atom is 0.251 e. The molecule has 0 spiro atoms. The number of pyridine rings is 1. The molecule has 2 amide bonds. The van der Waals surface area contributed by atoms with Crippen LogP contribution in [0.4, 0.5) is 0 Å². The lowest BCUT2D eigenvalue weighted by Crippen LogP contribution is -2.39. The van der Waals surface area contributed by atoms with Gasteiger partial charge in [-0.3, -0.25) is 14.6 Å². The van der Waals surface area contributed by atoms with E-state index in [1.807, 2.05) is 17.0 Å². The molecule has 0 aliphatic carbocycles. The standard InChI is InChI=1S/C19H19N3O4/c23-18(22-9-1-2-15(22)13-5-7-20-8-6-13)11-21-19(24)14-3-4-16-17(10-14)26-12-25-16/h3-8,10,15H,1-2,9,11-12H2,(H,21,24). The first kappa shape index (κ1) is 16.4. The van der Waals surface area contributed by atoms with Crippen molar-refractivity contribution < 1.29 is 19.1 Å². The van der Waals surface area contributed by atoms with E-state index in [2.05, 4.69) is 10.3 Å². The average Bonchev–Trinajstić information content (AvgIpc) is 3.35. The van der Waals surface area contributed by atoms with Crippen LogP contribution in [0.5, 0.6) is 11.5 Å². The third-order valence-corrected chi connectivity index (χ3v) is 4.70. The van der Waals surface area contributed by atoms with E-state index < -0.39 is 0 Å². The summed E-state index contributed by atoms with van der Waals surface area (Å²) in [6.45, 7) is 0.824. The molecule has 0 saturated carbocycles. The fraction of sp³-hybridized carbons (Fsp3) is 0.316. The Hall–Kier alpha value is -3.09. The average molecular weight is 353 g/mol. The minimum atomic E-state index is -0.309. The SMILES string of the molecule is O=C(NCC(=O)N1CCCC1c1ccncc1)c1ccc2c(c1)OCO2. The largest absolute Gasteiger partial charge is 0.454 e. The number of ether oxygens (including phenoxy) is 2. The fourth-order valence-electron chi connectivity index (χ4n) is 3.39. The number of fused-ring (bicyclic) bond motifs is 1. The molecule has 2 aromatic rings. The summed E-state index contributed by atoms with van der Waals surface area (Å²) in [7, 11) is 0. The number of aromatic nitrogens is 1. The molecule has 1 unspecified atom stereocenters. The number of benzene rings is 1. The number of amides is 2. The van der Waals surface area contributed by atoms with E-state index in [1.54, 1.807) is 30.6 Å². The highest BCUT2D eigenvalue weighted by Crippen LogP contribution is 2.33. The van der Waals surface area contributed by atoms with Crippen molar-refractivity contribution in [3.63, 3.8) is 0 Å². The smallest absolute Gasteiger partial charge is 0.251 e. The Morgan fingerprint density at radius 1 is 1.15 bits per heavy atom. The maximum atomic E-state index is 12.6. The van der Waals surface area contributed by atoms with Gasteiger partial charge in [-0.25, -0.2) is 0 Å². The number of hydrogen-bond acceptors (Lipinski definition) is 5. The molecular weight excluding hydrogens is 334 g/mol. The second-order valence-electron chi connectivity index (χ2n) is 6.28. The summed E-state index contributed by atoms with van der Waals surface area (Å²) >= 11 is 0. The zero-order valence-electron chi connectivity index (χ0n) is 14.2. The van der Waals surface area contributed by atoms with Crippen molar-refractivity contribution in [3.8, 4) is 11.5 Å². The Morgan fingerprint density at radius 2 is 1.96 bits per heavy atom. The highest BCUT2D eigenvalue weighted by molar-refractivity contribution is 5.97. The van der Waals surface area contributed by atoms with Gasteiger partial charge in [-0.05, 0) is 48.7 Å². The number of likely N-dealkylation sites (tertiary alicyclic amines) is 1. The van der Waals surface area contributed by atoms with Crippen molar-refractivity contribution >= 4 is 11.8 Å². The van der Waals surface area contributed by atoms with E-state index in [1.165, 1.54) is 0 Å². The maximum absolute atomic E-state index is 12.6. The van der Waals surface area contributed by atoms with Gasteiger partial charge in [-0.1, -0.05) is 0 Å². The summed E-state index contributed by atoms with van der Waals surface area (Å²) in [5, 5.41) is 2.70. The summed E-state index contributed by atoms with van der Waals surface area (Å²) < 4.78 is 10.5. The second-order valence-corrected chi connectivity index (χ2v) is 6.28. The fourth-order valence-corrected chi connectivity index (χ4v) is 3.39. The molecule has 2 aliphatic rings. The predicted octanol–water partition coefficient (Wildman–Crippen LogP) is 1.90. The Balaban J connectivity index is 1.38. The van der Waals surface area contributed by atoms with Crippen molar-refractivity contribution in [1.29, 1.82) is 0 Å². The zero-order chi connectivity index (χ0) is 17.9. The summed E-state index contributed by atoms with van der Waals surface area (Å²) in [6.07, 6.45) is 5.34. The molecule has 1 saturated heterocycles. The van der Waals surface area contributed by atoms with Crippen molar-refractivity contribution in [2.24, 2.45) is 0 Å².